The Morgan fingerprint density at radius 1 is 1.14 bits per heavy atom. The molecule has 1 N–H and O–H groups in total. The lowest BCUT2D eigenvalue weighted by Gasteiger charge is -2.37. The van der Waals surface area contributed by atoms with Crippen LogP contribution in [0, 0.1) is 5.82 Å². The fraction of sp³-hybridized carbons (Fsp3) is 0.346. The Bertz CT molecular complexity index is 1400. The van der Waals surface area contributed by atoms with Gasteiger partial charge in [-0.1, -0.05) is 17.7 Å². The number of carbonyl (C=O) groups excluding carboxylic acids is 1. The Labute approximate surface area is 207 Å². The molecule has 0 bridgehead atoms. The Morgan fingerprint density at radius 3 is 2.71 bits per heavy atom. The van der Waals surface area contributed by atoms with Crippen molar-refractivity contribution in [2.24, 2.45) is 0 Å². The average Bonchev–Trinajstić information content (AvgIpc) is 3.30. The summed E-state index contributed by atoms with van der Waals surface area (Å²) in [6.07, 6.45) is 3.35. The van der Waals surface area contributed by atoms with Crippen molar-refractivity contribution >= 4 is 34.1 Å². The largest absolute Gasteiger partial charge is 0.372 e. The van der Waals surface area contributed by atoms with Crippen molar-refractivity contribution in [3.8, 4) is 11.4 Å². The number of nitrogens with one attached hydrogen (secondary N) is 1. The summed E-state index contributed by atoms with van der Waals surface area (Å²) in [7, 11) is 0. The Balaban J connectivity index is 1.60. The number of benzene rings is 2. The molecule has 0 saturated carbocycles. The summed E-state index contributed by atoms with van der Waals surface area (Å²) in [6.45, 7) is 7.19. The van der Waals surface area contributed by atoms with Crippen LogP contribution in [0.4, 0.5) is 10.1 Å². The van der Waals surface area contributed by atoms with Crippen LogP contribution in [0.25, 0.3) is 22.3 Å². The number of amides is 1. The second-order valence-electron chi connectivity index (χ2n) is 9.27. The third-order valence-corrected chi connectivity index (χ3v) is 6.70. The van der Waals surface area contributed by atoms with Crippen LogP contribution in [-0.4, -0.2) is 52.6 Å². The normalized spacial score (nSPS) is 15.5. The highest BCUT2D eigenvalue weighted by molar-refractivity contribution is 6.31. The average molecular weight is 496 g/mol. The van der Waals surface area contributed by atoms with Gasteiger partial charge in [0, 0.05) is 42.6 Å². The van der Waals surface area contributed by atoms with Crippen LogP contribution >= 0.6 is 11.6 Å². The SMILES string of the molecule is CC(C)NC(=O)Cn1c(-c2ccc(F)c(Cl)c2)nc2ccc(N3CCN4CCC=C4C3)cc2c1=O. The molecule has 2 aromatic carbocycles. The summed E-state index contributed by atoms with van der Waals surface area (Å²) in [5, 5.41) is 3.17. The third-order valence-electron chi connectivity index (χ3n) is 6.41. The molecule has 0 unspecified atom stereocenters. The standard InChI is InChI=1S/C26H27ClFN5O2/c1-16(2)29-24(34)15-33-25(17-5-7-22(28)21(27)12-17)30-23-8-6-18(13-20(23)26(33)35)32-11-10-31-9-3-4-19(31)14-32/h4-8,12-13,16H,3,9-11,14-15H2,1-2H3,(H,29,34). The molecular formula is C26H27ClFN5O2. The van der Waals surface area contributed by atoms with Gasteiger partial charge in [-0.15, -0.1) is 0 Å². The number of fused-ring (bicyclic) bond motifs is 2. The van der Waals surface area contributed by atoms with Crippen LogP contribution in [-0.2, 0) is 11.3 Å². The van der Waals surface area contributed by atoms with Gasteiger partial charge in [-0.2, -0.15) is 0 Å². The zero-order valence-corrected chi connectivity index (χ0v) is 20.5. The molecule has 5 rings (SSSR count). The summed E-state index contributed by atoms with van der Waals surface area (Å²) >= 11 is 6.01. The predicted octanol–water partition coefficient (Wildman–Crippen LogP) is 3.79. The van der Waals surface area contributed by atoms with Gasteiger partial charge in [0.2, 0.25) is 5.91 Å². The van der Waals surface area contributed by atoms with Crippen LogP contribution in [0.3, 0.4) is 0 Å². The molecule has 2 aliphatic rings. The van der Waals surface area contributed by atoms with E-state index in [1.807, 2.05) is 32.0 Å². The van der Waals surface area contributed by atoms with E-state index in [-0.39, 0.29) is 34.9 Å². The molecule has 1 amide bonds. The fourth-order valence-corrected chi connectivity index (χ4v) is 4.92. The summed E-state index contributed by atoms with van der Waals surface area (Å²) in [5.41, 5.74) is 2.90. The van der Waals surface area contributed by atoms with Gasteiger partial charge in [-0.05, 0) is 56.7 Å². The third kappa shape index (κ3) is 4.62. The molecule has 0 aliphatic carbocycles. The second-order valence-corrected chi connectivity index (χ2v) is 9.68. The lowest BCUT2D eigenvalue weighted by atomic mass is 10.1. The molecule has 2 aliphatic heterocycles. The highest BCUT2D eigenvalue weighted by atomic mass is 35.5. The number of halogens is 2. The minimum Gasteiger partial charge on any atom is -0.372 e. The molecule has 0 radical (unpaired) electrons. The number of carbonyl (C=O) groups is 1. The van der Waals surface area contributed by atoms with E-state index in [0.717, 1.165) is 38.3 Å². The molecule has 1 aromatic heterocycles. The van der Waals surface area contributed by atoms with Crippen LogP contribution < -0.4 is 15.8 Å². The molecule has 3 heterocycles. The maximum absolute atomic E-state index is 13.8. The number of piperazine rings is 1. The maximum atomic E-state index is 13.8. The topological polar surface area (TPSA) is 70.5 Å². The quantitative estimate of drug-likeness (QED) is 0.583. The minimum absolute atomic E-state index is 0.0780. The Hall–Kier alpha value is -3.39. The summed E-state index contributed by atoms with van der Waals surface area (Å²) in [5.74, 6) is -0.608. The predicted molar refractivity (Wildman–Crippen MR) is 136 cm³/mol. The highest BCUT2D eigenvalue weighted by Crippen LogP contribution is 2.28. The number of aromatic nitrogens is 2. The lowest BCUT2D eigenvalue weighted by molar-refractivity contribution is -0.122. The van der Waals surface area contributed by atoms with E-state index < -0.39 is 5.82 Å². The molecule has 0 atom stereocenters. The van der Waals surface area contributed by atoms with Crippen molar-refractivity contribution in [3.05, 3.63) is 69.4 Å². The van der Waals surface area contributed by atoms with E-state index in [9.17, 15) is 14.0 Å². The second kappa shape index (κ2) is 9.34. The van der Waals surface area contributed by atoms with E-state index in [4.69, 9.17) is 16.6 Å². The molecule has 182 valence electrons. The van der Waals surface area contributed by atoms with Crippen molar-refractivity contribution < 1.29 is 9.18 Å². The van der Waals surface area contributed by atoms with Crippen LogP contribution in [0.1, 0.15) is 20.3 Å². The molecule has 0 spiro atoms. The minimum atomic E-state index is -0.565. The Morgan fingerprint density at radius 2 is 1.94 bits per heavy atom. The zero-order chi connectivity index (χ0) is 24.7. The van der Waals surface area contributed by atoms with E-state index in [1.165, 1.54) is 28.5 Å². The Kier molecular flexibility index (Phi) is 6.23. The van der Waals surface area contributed by atoms with E-state index in [2.05, 4.69) is 21.2 Å². The van der Waals surface area contributed by atoms with Crippen molar-refractivity contribution in [2.75, 3.05) is 31.1 Å². The molecule has 1 fully saturated rings. The molecule has 3 aromatic rings. The van der Waals surface area contributed by atoms with E-state index in [1.54, 1.807) is 0 Å². The van der Waals surface area contributed by atoms with Gasteiger partial charge in [0.25, 0.3) is 5.56 Å². The van der Waals surface area contributed by atoms with Crippen molar-refractivity contribution in [2.45, 2.75) is 32.9 Å². The van der Waals surface area contributed by atoms with Gasteiger partial charge in [0.15, 0.2) is 0 Å². The first-order valence-electron chi connectivity index (χ1n) is 11.8. The molecule has 7 nitrogen and oxygen atoms in total. The molecular weight excluding hydrogens is 469 g/mol. The van der Waals surface area contributed by atoms with Gasteiger partial charge < -0.3 is 15.1 Å². The van der Waals surface area contributed by atoms with Gasteiger partial charge in [-0.3, -0.25) is 14.2 Å². The van der Waals surface area contributed by atoms with Crippen molar-refractivity contribution in [3.63, 3.8) is 0 Å². The van der Waals surface area contributed by atoms with Gasteiger partial charge in [0.05, 0.1) is 22.5 Å². The summed E-state index contributed by atoms with van der Waals surface area (Å²) < 4.78 is 15.1. The first-order chi connectivity index (χ1) is 16.8. The fourth-order valence-electron chi connectivity index (χ4n) is 4.74. The van der Waals surface area contributed by atoms with E-state index >= 15 is 0 Å². The highest BCUT2D eigenvalue weighted by Gasteiger charge is 2.24. The van der Waals surface area contributed by atoms with Crippen molar-refractivity contribution in [1.29, 1.82) is 0 Å². The summed E-state index contributed by atoms with van der Waals surface area (Å²) in [4.78, 5) is 35.7. The first kappa shape index (κ1) is 23.4. The molecule has 35 heavy (non-hydrogen) atoms. The first-order valence-corrected chi connectivity index (χ1v) is 12.2. The number of nitrogens with zero attached hydrogens (tertiary/aromatic N) is 4. The number of rotatable bonds is 5. The van der Waals surface area contributed by atoms with Crippen LogP contribution in [0.5, 0.6) is 0 Å². The molecule has 1 saturated heterocycles. The van der Waals surface area contributed by atoms with Crippen molar-refractivity contribution in [1.82, 2.24) is 19.8 Å². The smallest absolute Gasteiger partial charge is 0.262 e. The van der Waals surface area contributed by atoms with Gasteiger partial charge in [0.1, 0.15) is 18.2 Å². The summed E-state index contributed by atoms with van der Waals surface area (Å²) in [6, 6.07) is 9.73. The number of hydrogen-bond donors (Lipinski definition) is 1. The lowest BCUT2D eigenvalue weighted by Crippen LogP contribution is -2.43. The van der Waals surface area contributed by atoms with Gasteiger partial charge >= 0.3 is 0 Å². The zero-order valence-electron chi connectivity index (χ0n) is 19.7. The van der Waals surface area contributed by atoms with Gasteiger partial charge in [-0.25, -0.2) is 9.37 Å². The number of hydrogen-bond acceptors (Lipinski definition) is 5. The van der Waals surface area contributed by atoms with Crippen LogP contribution in [0.15, 0.2) is 53.0 Å². The number of anilines is 1. The monoisotopic (exact) mass is 495 g/mol. The van der Waals surface area contributed by atoms with E-state index in [0.29, 0.717) is 16.5 Å². The maximum Gasteiger partial charge on any atom is 0.262 e. The van der Waals surface area contributed by atoms with Crippen LogP contribution in [0.2, 0.25) is 5.02 Å². The molecule has 9 heteroatoms.